The van der Waals surface area contributed by atoms with Gasteiger partial charge in [0, 0.05) is 19.4 Å². The summed E-state index contributed by atoms with van der Waals surface area (Å²) < 4.78 is 5.84. The second-order valence-electron chi connectivity index (χ2n) is 4.84. The summed E-state index contributed by atoms with van der Waals surface area (Å²) in [6.07, 6.45) is 7.49. The fraction of sp³-hybridized carbons (Fsp3) is 0.917. The van der Waals surface area contributed by atoms with E-state index in [-0.39, 0.29) is 5.60 Å². The van der Waals surface area contributed by atoms with Crippen LogP contribution in [0, 0.1) is 5.92 Å². The van der Waals surface area contributed by atoms with E-state index in [4.69, 9.17) is 4.74 Å². The zero-order valence-corrected chi connectivity index (χ0v) is 9.05. The Morgan fingerprint density at radius 3 is 2.86 bits per heavy atom. The Morgan fingerprint density at radius 2 is 2.29 bits per heavy atom. The van der Waals surface area contributed by atoms with Crippen molar-refractivity contribution >= 4 is 5.78 Å². The monoisotopic (exact) mass is 196 g/mol. The second kappa shape index (κ2) is 4.01. The first-order chi connectivity index (χ1) is 6.74. The van der Waals surface area contributed by atoms with E-state index in [1.807, 2.05) is 6.92 Å². The number of ketones is 1. The molecular weight excluding hydrogens is 176 g/mol. The third-order valence-electron chi connectivity index (χ3n) is 3.77. The van der Waals surface area contributed by atoms with E-state index in [0.29, 0.717) is 18.1 Å². The fourth-order valence-electron chi connectivity index (χ4n) is 2.69. The molecule has 1 atom stereocenters. The lowest BCUT2D eigenvalue weighted by Gasteiger charge is -2.47. The van der Waals surface area contributed by atoms with Crippen molar-refractivity contribution in [2.45, 2.75) is 57.5 Å². The number of ether oxygens (including phenoxy) is 1. The van der Waals surface area contributed by atoms with Gasteiger partial charge in [-0.2, -0.15) is 0 Å². The molecule has 80 valence electrons. The summed E-state index contributed by atoms with van der Waals surface area (Å²) in [5, 5.41) is 0. The van der Waals surface area contributed by atoms with E-state index >= 15 is 0 Å². The van der Waals surface area contributed by atoms with Gasteiger partial charge in [-0.05, 0) is 38.0 Å². The van der Waals surface area contributed by atoms with Gasteiger partial charge in [-0.15, -0.1) is 0 Å². The summed E-state index contributed by atoms with van der Waals surface area (Å²) in [4.78, 5) is 11.4. The maximum absolute atomic E-state index is 11.4. The van der Waals surface area contributed by atoms with Crippen molar-refractivity contribution in [1.82, 2.24) is 0 Å². The molecule has 2 aliphatic rings. The van der Waals surface area contributed by atoms with Gasteiger partial charge in [0.1, 0.15) is 5.78 Å². The third-order valence-corrected chi connectivity index (χ3v) is 3.77. The highest BCUT2D eigenvalue weighted by Gasteiger charge is 2.42. The van der Waals surface area contributed by atoms with Crippen LogP contribution < -0.4 is 0 Å². The standard InChI is InChI=1S/C12H20O2/c1-2-11(13)8-10-4-7-14-12(9-10)5-3-6-12/h10H,2-9H2,1H3. The molecular formula is C12H20O2. The Morgan fingerprint density at radius 1 is 1.50 bits per heavy atom. The topological polar surface area (TPSA) is 26.3 Å². The molecule has 0 N–H and O–H groups in total. The molecule has 1 saturated heterocycles. The van der Waals surface area contributed by atoms with Gasteiger partial charge in [0.25, 0.3) is 0 Å². The Hall–Kier alpha value is -0.370. The van der Waals surface area contributed by atoms with Crippen molar-refractivity contribution in [2.75, 3.05) is 6.61 Å². The van der Waals surface area contributed by atoms with Crippen LogP contribution in [-0.4, -0.2) is 18.0 Å². The SMILES string of the molecule is CCC(=O)CC1CCOC2(CCC2)C1. The van der Waals surface area contributed by atoms with Gasteiger partial charge in [-0.1, -0.05) is 6.92 Å². The maximum atomic E-state index is 11.4. The summed E-state index contributed by atoms with van der Waals surface area (Å²) in [7, 11) is 0. The van der Waals surface area contributed by atoms with E-state index in [1.165, 1.54) is 19.3 Å². The normalized spacial score (nSPS) is 29.9. The van der Waals surface area contributed by atoms with Crippen LogP contribution in [0.1, 0.15) is 51.9 Å². The quantitative estimate of drug-likeness (QED) is 0.693. The predicted octanol–water partition coefficient (Wildman–Crippen LogP) is 2.70. The number of rotatable bonds is 3. The van der Waals surface area contributed by atoms with E-state index < -0.39 is 0 Å². The average molecular weight is 196 g/mol. The molecule has 2 rings (SSSR count). The largest absolute Gasteiger partial charge is 0.375 e. The van der Waals surface area contributed by atoms with Crippen LogP contribution in [0.25, 0.3) is 0 Å². The molecule has 2 nitrogen and oxygen atoms in total. The summed E-state index contributed by atoms with van der Waals surface area (Å²) in [5.41, 5.74) is 0.205. The van der Waals surface area contributed by atoms with E-state index in [1.54, 1.807) is 0 Å². The first-order valence-electron chi connectivity index (χ1n) is 5.90. The molecule has 1 aliphatic heterocycles. The maximum Gasteiger partial charge on any atom is 0.132 e. The number of hydrogen-bond donors (Lipinski definition) is 0. The van der Waals surface area contributed by atoms with Gasteiger partial charge in [0.2, 0.25) is 0 Å². The molecule has 1 saturated carbocycles. The Bertz CT molecular complexity index is 218. The highest BCUT2D eigenvalue weighted by atomic mass is 16.5. The van der Waals surface area contributed by atoms with Crippen LogP contribution >= 0.6 is 0 Å². The molecule has 0 bridgehead atoms. The van der Waals surface area contributed by atoms with Crippen LogP contribution in [0.3, 0.4) is 0 Å². The molecule has 2 heteroatoms. The molecule has 1 heterocycles. The molecule has 1 unspecified atom stereocenters. The van der Waals surface area contributed by atoms with Crippen LogP contribution in [-0.2, 0) is 9.53 Å². The molecule has 1 aliphatic carbocycles. The second-order valence-corrected chi connectivity index (χ2v) is 4.84. The third kappa shape index (κ3) is 2.00. The molecule has 0 aromatic rings. The van der Waals surface area contributed by atoms with E-state index in [0.717, 1.165) is 25.9 Å². The van der Waals surface area contributed by atoms with Gasteiger partial charge in [0.05, 0.1) is 5.60 Å². The van der Waals surface area contributed by atoms with Crippen molar-refractivity contribution < 1.29 is 9.53 Å². The number of Topliss-reactive ketones (excluding diaryl/α,β-unsaturated/α-hetero) is 1. The number of hydrogen-bond acceptors (Lipinski definition) is 2. The van der Waals surface area contributed by atoms with Gasteiger partial charge in [-0.25, -0.2) is 0 Å². The molecule has 2 fully saturated rings. The minimum absolute atomic E-state index is 0.205. The Kier molecular flexibility index (Phi) is 2.91. The zero-order chi connectivity index (χ0) is 10.0. The average Bonchev–Trinajstić information content (AvgIpc) is 2.16. The minimum Gasteiger partial charge on any atom is -0.375 e. The van der Waals surface area contributed by atoms with Crippen LogP contribution in [0.4, 0.5) is 0 Å². The van der Waals surface area contributed by atoms with E-state index in [2.05, 4.69) is 0 Å². The van der Waals surface area contributed by atoms with Crippen molar-refractivity contribution in [3.63, 3.8) is 0 Å². The minimum atomic E-state index is 0.205. The van der Waals surface area contributed by atoms with Crippen LogP contribution in [0.2, 0.25) is 0 Å². The first kappa shape index (κ1) is 10.2. The van der Waals surface area contributed by atoms with Gasteiger partial charge in [0.15, 0.2) is 0 Å². The molecule has 0 radical (unpaired) electrons. The zero-order valence-electron chi connectivity index (χ0n) is 9.05. The summed E-state index contributed by atoms with van der Waals surface area (Å²) >= 11 is 0. The highest BCUT2D eigenvalue weighted by molar-refractivity contribution is 5.78. The van der Waals surface area contributed by atoms with Crippen molar-refractivity contribution in [1.29, 1.82) is 0 Å². The van der Waals surface area contributed by atoms with Crippen LogP contribution in [0.5, 0.6) is 0 Å². The van der Waals surface area contributed by atoms with Crippen molar-refractivity contribution in [2.24, 2.45) is 5.92 Å². The van der Waals surface area contributed by atoms with Crippen molar-refractivity contribution in [3.8, 4) is 0 Å². The lowest BCUT2D eigenvalue weighted by molar-refractivity contribution is -0.147. The van der Waals surface area contributed by atoms with Crippen molar-refractivity contribution in [3.05, 3.63) is 0 Å². The number of carbonyl (C=O) groups is 1. The molecule has 0 aromatic heterocycles. The molecule has 14 heavy (non-hydrogen) atoms. The lowest BCUT2D eigenvalue weighted by atomic mass is 9.71. The summed E-state index contributed by atoms with van der Waals surface area (Å²) in [5.74, 6) is 1.03. The van der Waals surface area contributed by atoms with Gasteiger partial charge < -0.3 is 4.74 Å². The molecule has 0 amide bonds. The van der Waals surface area contributed by atoms with Crippen LogP contribution in [0.15, 0.2) is 0 Å². The highest BCUT2D eigenvalue weighted by Crippen LogP contribution is 2.44. The number of carbonyl (C=O) groups excluding carboxylic acids is 1. The Balaban J connectivity index is 1.84. The fourth-order valence-corrected chi connectivity index (χ4v) is 2.69. The lowest BCUT2D eigenvalue weighted by Crippen LogP contribution is -2.45. The molecule has 0 aromatic carbocycles. The summed E-state index contributed by atoms with van der Waals surface area (Å²) in [6, 6.07) is 0. The van der Waals surface area contributed by atoms with E-state index in [9.17, 15) is 4.79 Å². The van der Waals surface area contributed by atoms with Gasteiger partial charge in [-0.3, -0.25) is 4.79 Å². The first-order valence-corrected chi connectivity index (χ1v) is 5.90. The Labute approximate surface area is 86.0 Å². The predicted molar refractivity (Wildman–Crippen MR) is 55.2 cm³/mol. The smallest absolute Gasteiger partial charge is 0.132 e. The summed E-state index contributed by atoms with van der Waals surface area (Å²) in [6.45, 7) is 2.84. The van der Waals surface area contributed by atoms with Gasteiger partial charge >= 0.3 is 0 Å². The molecule has 1 spiro atoms.